The number of rotatable bonds is 7. The third-order valence-corrected chi connectivity index (χ3v) is 7.23. The first-order valence-corrected chi connectivity index (χ1v) is 12.1. The molecule has 3 aromatic rings. The van der Waals surface area contributed by atoms with Gasteiger partial charge in [-0.1, -0.05) is 19.8 Å². The second-order valence-electron chi connectivity index (χ2n) is 7.78. The van der Waals surface area contributed by atoms with Gasteiger partial charge in [0.25, 0.3) is 5.91 Å². The molecule has 1 aliphatic rings. The zero-order valence-electron chi connectivity index (χ0n) is 17.2. The molecule has 0 bridgehead atoms. The summed E-state index contributed by atoms with van der Waals surface area (Å²) in [6.07, 6.45) is 5.09. The van der Waals surface area contributed by atoms with Gasteiger partial charge in [0.15, 0.2) is 21.2 Å². The molecule has 4 heterocycles. The SMILES string of the molecule is CCCCCNC(=O)c1cc(-c2ccco2)nc2c1c(C)nn2[C@H]1CCS(=O)(=O)C1. The second kappa shape index (κ2) is 8.22. The number of aryl methyl sites for hydroxylation is 1. The Morgan fingerprint density at radius 3 is 2.87 bits per heavy atom. The molecule has 160 valence electrons. The van der Waals surface area contributed by atoms with Crippen LogP contribution in [0.15, 0.2) is 28.9 Å². The van der Waals surface area contributed by atoms with Gasteiger partial charge in [0, 0.05) is 6.54 Å². The first kappa shape index (κ1) is 20.6. The molecule has 0 aliphatic carbocycles. The number of hydrogen-bond donors (Lipinski definition) is 1. The summed E-state index contributed by atoms with van der Waals surface area (Å²) in [7, 11) is -3.09. The normalized spacial score (nSPS) is 18.1. The van der Waals surface area contributed by atoms with Crippen LogP contribution >= 0.6 is 0 Å². The highest BCUT2D eigenvalue weighted by atomic mass is 32.2. The Morgan fingerprint density at radius 2 is 2.20 bits per heavy atom. The largest absolute Gasteiger partial charge is 0.463 e. The van der Waals surface area contributed by atoms with Crippen LogP contribution in [0.25, 0.3) is 22.5 Å². The summed E-state index contributed by atoms with van der Waals surface area (Å²) < 4.78 is 31.2. The van der Waals surface area contributed by atoms with E-state index >= 15 is 0 Å². The van der Waals surface area contributed by atoms with Crippen LogP contribution in [0.2, 0.25) is 0 Å². The molecule has 1 fully saturated rings. The Hall–Kier alpha value is -2.68. The molecule has 1 amide bonds. The highest BCUT2D eigenvalue weighted by molar-refractivity contribution is 7.91. The van der Waals surface area contributed by atoms with E-state index < -0.39 is 9.84 Å². The van der Waals surface area contributed by atoms with Crippen molar-refractivity contribution in [2.24, 2.45) is 0 Å². The van der Waals surface area contributed by atoms with Crippen LogP contribution in [-0.2, 0) is 9.84 Å². The maximum Gasteiger partial charge on any atom is 0.252 e. The molecule has 1 saturated heterocycles. The lowest BCUT2D eigenvalue weighted by Crippen LogP contribution is -2.25. The van der Waals surface area contributed by atoms with Gasteiger partial charge in [-0.25, -0.2) is 18.1 Å². The highest BCUT2D eigenvalue weighted by Crippen LogP contribution is 2.32. The second-order valence-corrected chi connectivity index (χ2v) is 10.0. The summed E-state index contributed by atoms with van der Waals surface area (Å²) in [6.45, 7) is 4.54. The number of unbranched alkanes of at least 4 members (excludes halogenated alkanes) is 2. The maximum absolute atomic E-state index is 13.0. The van der Waals surface area contributed by atoms with E-state index in [4.69, 9.17) is 9.40 Å². The third kappa shape index (κ3) is 3.98. The molecule has 30 heavy (non-hydrogen) atoms. The van der Waals surface area contributed by atoms with Crippen molar-refractivity contribution < 1.29 is 17.6 Å². The lowest BCUT2D eigenvalue weighted by Gasteiger charge is -2.11. The average molecular weight is 431 g/mol. The lowest BCUT2D eigenvalue weighted by molar-refractivity contribution is 0.0954. The van der Waals surface area contributed by atoms with Gasteiger partial charge in [0.05, 0.1) is 40.5 Å². The van der Waals surface area contributed by atoms with Gasteiger partial charge in [-0.15, -0.1) is 0 Å². The van der Waals surface area contributed by atoms with Crippen LogP contribution < -0.4 is 5.32 Å². The number of nitrogens with one attached hydrogen (secondary N) is 1. The number of amides is 1. The number of hydrogen-bond acceptors (Lipinski definition) is 6. The van der Waals surface area contributed by atoms with E-state index in [1.165, 1.54) is 0 Å². The van der Waals surface area contributed by atoms with Gasteiger partial charge in [0.1, 0.15) is 5.69 Å². The molecule has 1 aliphatic heterocycles. The zero-order chi connectivity index (χ0) is 21.3. The van der Waals surface area contributed by atoms with Crippen molar-refractivity contribution in [2.45, 2.75) is 45.6 Å². The summed E-state index contributed by atoms with van der Waals surface area (Å²) in [5, 5.41) is 8.23. The monoisotopic (exact) mass is 430 g/mol. The van der Waals surface area contributed by atoms with Crippen LogP contribution in [-0.4, -0.2) is 47.1 Å². The fraction of sp³-hybridized carbons (Fsp3) is 0.476. The minimum atomic E-state index is -3.09. The van der Waals surface area contributed by atoms with Crippen LogP contribution in [0, 0.1) is 6.92 Å². The van der Waals surface area contributed by atoms with Gasteiger partial charge in [-0.3, -0.25) is 4.79 Å². The van der Waals surface area contributed by atoms with Crippen LogP contribution in [0.3, 0.4) is 0 Å². The van der Waals surface area contributed by atoms with E-state index in [-0.39, 0.29) is 23.5 Å². The topological polar surface area (TPSA) is 107 Å². The van der Waals surface area contributed by atoms with E-state index in [0.29, 0.717) is 46.7 Å². The predicted octanol–water partition coefficient (Wildman–Crippen LogP) is 3.28. The number of furan rings is 1. The van der Waals surface area contributed by atoms with Gasteiger partial charge in [-0.2, -0.15) is 5.10 Å². The predicted molar refractivity (Wildman–Crippen MR) is 114 cm³/mol. The molecule has 1 N–H and O–H groups in total. The van der Waals surface area contributed by atoms with Crippen molar-refractivity contribution in [1.29, 1.82) is 0 Å². The molecular formula is C21H26N4O4S. The van der Waals surface area contributed by atoms with Crippen molar-refractivity contribution >= 4 is 26.8 Å². The summed E-state index contributed by atoms with van der Waals surface area (Å²) in [4.78, 5) is 17.7. The van der Waals surface area contributed by atoms with E-state index in [0.717, 1.165) is 19.3 Å². The van der Waals surface area contributed by atoms with Crippen molar-refractivity contribution in [2.75, 3.05) is 18.1 Å². The maximum atomic E-state index is 13.0. The fourth-order valence-corrected chi connectivity index (χ4v) is 5.63. The Balaban J connectivity index is 1.80. The van der Waals surface area contributed by atoms with Crippen LogP contribution in [0.5, 0.6) is 0 Å². The highest BCUT2D eigenvalue weighted by Gasteiger charge is 2.32. The van der Waals surface area contributed by atoms with Crippen LogP contribution in [0.1, 0.15) is 54.7 Å². The van der Waals surface area contributed by atoms with Gasteiger partial charge < -0.3 is 9.73 Å². The Bertz CT molecular complexity index is 1170. The van der Waals surface area contributed by atoms with Crippen molar-refractivity contribution in [3.63, 3.8) is 0 Å². The average Bonchev–Trinajstić information content (AvgIpc) is 3.44. The molecule has 0 radical (unpaired) electrons. The minimum Gasteiger partial charge on any atom is -0.463 e. The summed E-state index contributed by atoms with van der Waals surface area (Å²) in [6, 6.07) is 4.98. The van der Waals surface area contributed by atoms with Gasteiger partial charge >= 0.3 is 0 Å². The Kier molecular flexibility index (Phi) is 5.64. The number of sulfone groups is 1. The summed E-state index contributed by atoms with van der Waals surface area (Å²) in [5.74, 6) is 0.532. The standard InChI is InChI=1S/C21H26N4O4S/c1-3-4-5-9-22-21(26)16-12-17(18-7-6-10-29-18)23-20-19(16)14(2)24-25(20)15-8-11-30(27,28)13-15/h6-7,10,12,15H,3-5,8-9,11,13H2,1-2H3,(H,22,26)/t15-/m0/s1. The number of carbonyl (C=O) groups excluding carboxylic acids is 1. The van der Waals surface area contributed by atoms with E-state index in [9.17, 15) is 13.2 Å². The first-order valence-electron chi connectivity index (χ1n) is 10.3. The molecule has 0 spiro atoms. The molecule has 4 rings (SSSR count). The molecule has 3 aromatic heterocycles. The van der Waals surface area contributed by atoms with Gasteiger partial charge in [-0.05, 0) is 38.0 Å². The first-order chi connectivity index (χ1) is 14.4. The molecular weight excluding hydrogens is 404 g/mol. The number of fused-ring (bicyclic) bond motifs is 1. The summed E-state index contributed by atoms with van der Waals surface area (Å²) >= 11 is 0. The van der Waals surface area contributed by atoms with Crippen molar-refractivity contribution in [3.8, 4) is 11.5 Å². The molecule has 1 atom stereocenters. The van der Waals surface area contributed by atoms with E-state index in [2.05, 4.69) is 17.3 Å². The summed E-state index contributed by atoms with van der Waals surface area (Å²) in [5.41, 5.74) is 2.18. The molecule has 0 aromatic carbocycles. The Morgan fingerprint density at radius 1 is 1.37 bits per heavy atom. The number of nitrogens with zero attached hydrogens (tertiary/aromatic N) is 3. The number of aromatic nitrogens is 3. The minimum absolute atomic E-state index is 0.0361. The molecule has 8 nitrogen and oxygen atoms in total. The van der Waals surface area contributed by atoms with E-state index in [1.54, 1.807) is 29.1 Å². The molecule has 9 heteroatoms. The lowest BCUT2D eigenvalue weighted by atomic mass is 10.1. The Labute approximate surface area is 175 Å². The zero-order valence-corrected chi connectivity index (χ0v) is 18.0. The fourth-order valence-electron chi connectivity index (χ4n) is 3.94. The van der Waals surface area contributed by atoms with Crippen molar-refractivity contribution in [1.82, 2.24) is 20.1 Å². The quantitative estimate of drug-likeness (QED) is 0.577. The van der Waals surface area contributed by atoms with E-state index in [1.807, 2.05) is 6.92 Å². The number of pyridine rings is 1. The van der Waals surface area contributed by atoms with Gasteiger partial charge in [0.2, 0.25) is 0 Å². The molecule has 0 unspecified atom stereocenters. The number of carbonyl (C=O) groups is 1. The molecule has 0 saturated carbocycles. The van der Waals surface area contributed by atoms with Crippen LogP contribution in [0.4, 0.5) is 0 Å². The smallest absolute Gasteiger partial charge is 0.252 e. The third-order valence-electron chi connectivity index (χ3n) is 5.48. The van der Waals surface area contributed by atoms with Crippen molar-refractivity contribution in [3.05, 3.63) is 35.7 Å².